The molecule has 0 amide bonds. The molecule has 0 radical (unpaired) electrons. The molecule has 0 atom stereocenters. The topological polar surface area (TPSA) is 101 Å². The van der Waals surface area contributed by atoms with Crippen molar-refractivity contribution in [3.05, 3.63) is 23.8 Å². The first-order valence-corrected chi connectivity index (χ1v) is 3.45. The third kappa shape index (κ3) is 2.41. The second-order valence-corrected chi connectivity index (χ2v) is 2.36. The third-order valence-electron chi connectivity index (χ3n) is 1.47. The Hall–Kier alpha value is -1.26. The largest absolute Gasteiger partial charge is 0.504 e. The van der Waals surface area contributed by atoms with Crippen LogP contribution < -0.4 is 11.9 Å². The Morgan fingerprint density at radius 2 is 1.83 bits per heavy atom. The Kier molecular flexibility index (Phi) is 4.10. The molecular weight excluding hydrogens is 156 g/mol. The van der Waals surface area contributed by atoms with Gasteiger partial charge in [0.05, 0.1) is 0 Å². The number of phenolic OH excluding ortho intramolecular Hbond substituents is 2. The fourth-order valence-electron chi connectivity index (χ4n) is 0.891. The van der Waals surface area contributed by atoms with Gasteiger partial charge in [0.2, 0.25) is 0 Å². The van der Waals surface area contributed by atoms with Gasteiger partial charge in [-0.25, -0.2) is 0 Å². The van der Waals surface area contributed by atoms with Crippen LogP contribution in [-0.4, -0.2) is 16.8 Å². The summed E-state index contributed by atoms with van der Waals surface area (Å²) in [5, 5.41) is 18.0. The predicted octanol–water partition coefficient (Wildman–Crippen LogP) is 0.761. The zero-order valence-electron chi connectivity index (χ0n) is 6.83. The summed E-state index contributed by atoms with van der Waals surface area (Å²) in [6.07, 6.45) is 0.716. The molecule has 0 aliphatic carbocycles. The summed E-state index contributed by atoms with van der Waals surface area (Å²) in [5.74, 6) is -0.179. The molecule has 4 heteroatoms. The van der Waals surface area contributed by atoms with E-state index in [1.54, 1.807) is 6.07 Å². The molecule has 0 saturated carbocycles. The summed E-state index contributed by atoms with van der Waals surface area (Å²) in [4.78, 5) is 0. The highest BCUT2D eigenvalue weighted by atomic mass is 16.3. The van der Waals surface area contributed by atoms with Gasteiger partial charge in [0.25, 0.3) is 0 Å². The summed E-state index contributed by atoms with van der Waals surface area (Å²) in [6, 6.07) is 4.71. The Labute approximate surface area is 71.2 Å². The number of hydrogen-bond acceptors (Lipinski definition) is 4. The quantitative estimate of drug-likeness (QED) is 0.492. The molecule has 4 nitrogen and oxygen atoms in total. The number of aromatic hydroxyl groups is 2. The smallest absolute Gasteiger partial charge is 0.157 e. The van der Waals surface area contributed by atoms with Crippen LogP contribution >= 0.6 is 0 Å². The Morgan fingerprint density at radius 3 is 2.33 bits per heavy atom. The van der Waals surface area contributed by atoms with Crippen molar-refractivity contribution in [2.24, 2.45) is 5.73 Å². The van der Waals surface area contributed by atoms with Crippen LogP contribution in [0.5, 0.6) is 11.5 Å². The lowest BCUT2D eigenvalue weighted by Crippen LogP contribution is -2.02. The average molecular weight is 170 g/mol. The minimum absolute atomic E-state index is 0. The number of hydrogen-bond donors (Lipinski definition) is 4. The standard InChI is InChI=1S/C8H11NO2.H3N/c9-4-3-6-1-2-7(10)8(11)5-6;/h1-2,5,10-11H,3-4,9H2;1H3. The maximum atomic E-state index is 9.04. The number of phenols is 2. The van der Waals surface area contributed by atoms with Crippen molar-refractivity contribution in [2.75, 3.05) is 6.54 Å². The van der Waals surface area contributed by atoms with Crippen LogP contribution in [-0.2, 0) is 6.42 Å². The summed E-state index contributed by atoms with van der Waals surface area (Å²) in [7, 11) is 0. The molecule has 0 aliphatic rings. The van der Waals surface area contributed by atoms with Crippen molar-refractivity contribution in [2.45, 2.75) is 6.42 Å². The SMILES string of the molecule is N.NCCc1ccc(O)c(O)c1. The van der Waals surface area contributed by atoms with Gasteiger partial charge in [-0.05, 0) is 30.7 Å². The molecule has 0 saturated heterocycles. The maximum absolute atomic E-state index is 9.04. The molecule has 0 unspecified atom stereocenters. The van der Waals surface area contributed by atoms with Gasteiger partial charge in [-0.3, -0.25) is 0 Å². The van der Waals surface area contributed by atoms with Gasteiger partial charge < -0.3 is 22.1 Å². The molecule has 1 aromatic rings. The first kappa shape index (κ1) is 10.7. The molecule has 0 aromatic heterocycles. The van der Waals surface area contributed by atoms with Gasteiger partial charge in [0.1, 0.15) is 0 Å². The fraction of sp³-hybridized carbons (Fsp3) is 0.250. The van der Waals surface area contributed by atoms with Crippen molar-refractivity contribution in [3.63, 3.8) is 0 Å². The molecule has 7 N–H and O–H groups in total. The lowest BCUT2D eigenvalue weighted by molar-refractivity contribution is 0.403. The van der Waals surface area contributed by atoms with E-state index < -0.39 is 0 Å². The first-order chi connectivity index (χ1) is 5.24. The second-order valence-electron chi connectivity index (χ2n) is 2.36. The highest BCUT2D eigenvalue weighted by molar-refractivity contribution is 5.40. The van der Waals surface area contributed by atoms with Gasteiger partial charge in [0.15, 0.2) is 11.5 Å². The second kappa shape index (κ2) is 4.58. The van der Waals surface area contributed by atoms with Crippen molar-refractivity contribution in [1.82, 2.24) is 6.15 Å². The van der Waals surface area contributed by atoms with Gasteiger partial charge in [-0.15, -0.1) is 0 Å². The fourth-order valence-corrected chi connectivity index (χ4v) is 0.891. The van der Waals surface area contributed by atoms with Crippen molar-refractivity contribution in [3.8, 4) is 11.5 Å². The predicted molar refractivity (Wildman–Crippen MR) is 47.6 cm³/mol. The summed E-state index contributed by atoms with van der Waals surface area (Å²) >= 11 is 0. The Bertz CT molecular complexity index is 251. The van der Waals surface area contributed by atoms with E-state index in [9.17, 15) is 0 Å². The minimum atomic E-state index is -0.0919. The van der Waals surface area contributed by atoms with Gasteiger partial charge in [-0.1, -0.05) is 6.07 Å². The molecule has 0 aliphatic heterocycles. The molecule has 12 heavy (non-hydrogen) atoms. The number of rotatable bonds is 2. The van der Waals surface area contributed by atoms with Gasteiger partial charge in [-0.2, -0.15) is 0 Å². The highest BCUT2D eigenvalue weighted by Gasteiger charge is 1.98. The van der Waals surface area contributed by atoms with E-state index in [0.29, 0.717) is 13.0 Å². The summed E-state index contributed by atoms with van der Waals surface area (Å²) < 4.78 is 0. The molecule has 0 spiro atoms. The summed E-state index contributed by atoms with van der Waals surface area (Å²) in [5.41, 5.74) is 6.24. The van der Waals surface area contributed by atoms with Crippen LogP contribution in [0, 0.1) is 0 Å². The number of nitrogens with two attached hydrogens (primary N) is 1. The molecule has 0 heterocycles. The number of benzene rings is 1. The Morgan fingerprint density at radius 1 is 1.17 bits per heavy atom. The van der Waals surface area contributed by atoms with Crippen molar-refractivity contribution in [1.29, 1.82) is 0 Å². The molecule has 68 valence electrons. The van der Waals surface area contributed by atoms with Crippen molar-refractivity contribution >= 4 is 0 Å². The first-order valence-electron chi connectivity index (χ1n) is 3.45. The lowest BCUT2D eigenvalue weighted by atomic mass is 10.1. The molecule has 1 rings (SSSR count). The van der Waals surface area contributed by atoms with Crippen LogP contribution in [0.4, 0.5) is 0 Å². The zero-order chi connectivity index (χ0) is 8.27. The van der Waals surface area contributed by atoms with Crippen LogP contribution in [0.1, 0.15) is 5.56 Å². The average Bonchev–Trinajstić information content (AvgIpc) is 1.98. The van der Waals surface area contributed by atoms with E-state index in [0.717, 1.165) is 5.56 Å². The minimum Gasteiger partial charge on any atom is -0.504 e. The maximum Gasteiger partial charge on any atom is 0.157 e. The highest BCUT2D eigenvalue weighted by Crippen LogP contribution is 2.24. The van der Waals surface area contributed by atoms with Gasteiger partial charge in [0, 0.05) is 0 Å². The molecular formula is C8H14N2O2. The van der Waals surface area contributed by atoms with Crippen LogP contribution in [0.2, 0.25) is 0 Å². The van der Waals surface area contributed by atoms with E-state index in [4.69, 9.17) is 15.9 Å². The molecule has 1 aromatic carbocycles. The monoisotopic (exact) mass is 170 g/mol. The van der Waals surface area contributed by atoms with E-state index in [2.05, 4.69) is 0 Å². The van der Waals surface area contributed by atoms with Crippen LogP contribution in [0.25, 0.3) is 0 Å². The van der Waals surface area contributed by atoms with Gasteiger partial charge >= 0.3 is 0 Å². The van der Waals surface area contributed by atoms with E-state index >= 15 is 0 Å². The third-order valence-corrected chi connectivity index (χ3v) is 1.47. The van der Waals surface area contributed by atoms with Crippen LogP contribution in [0.3, 0.4) is 0 Å². The van der Waals surface area contributed by atoms with E-state index in [1.807, 2.05) is 0 Å². The van der Waals surface area contributed by atoms with Crippen molar-refractivity contribution < 1.29 is 10.2 Å². The lowest BCUT2D eigenvalue weighted by Gasteiger charge is -2.00. The normalized spacial score (nSPS) is 9.08. The summed E-state index contributed by atoms with van der Waals surface area (Å²) in [6.45, 7) is 0.546. The van der Waals surface area contributed by atoms with E-state index in [1.165, 1.54) is 12.1 Å². The molecule has 0 fully saturated rings. The Balaban J connectivity index is 0.00000121. The molecule has 0 bridgehead atoms. The zero-order valence-corrected chi connectivity index (χ0v) is 6.83. The van der Waals surface area contributed by atoms with E-state index in [-0.39, 0.29) is 17.6 Å². The van der Waals surface area contributed by atoms with Crippen LogP contribution in [0.15, 0.2) is 18.2 Å².